The van der Waals surface area contributed by atoms with Gasteiger partial charge in [0, 0.05) is 25.3 Å². The zero-order chi connectivity index (χ0) is 13.5. The molecule has 0 bridgehead atoms. The van der Waals surface area contributed by atoms with Crippen molar-refractivity contribution >= 4 is 11.6 Å². The summed E-state index contributed by atoms with van der Waals surface area (Å²) in [6, 6.07) is 5.33. The van der Waals surface area contributed by atoms with Crippen LogP contribution in [0.2, 0.25) is 0 Å². The molecule has 1 N–H and O–H groups in total. The van der Waals surface area contributed by atoms with Crippen LogP contribution in [0, 0.1) is 23.0 Å². The van der Waals surface area contributed by atoms with Crippen molar-refractivity contribution in [3.63, 3.8) is 0 Å². The van der Waals surface area contributed by atoms with E-state index in [0.717, 1.165) is 12.1 Å². The first-order valence-corrected chi connectivity index (χ1v) is 5.34. The fourth-order valence-corrected chi connectivity index (χ4v) is 1.34. The molecule has 0 radical (unpaired) electrons. The van der Waals surface area contributed by atoms with E-state index < -0.39 is 11.6 Å². The molecular formula is C12H13F2N3O. The molecule has 4 nitrogen and oxygen atoms in total. The molecule has 0 aromatic heterocycles. The number of halogens is 2. The fraction of sp³-hybridized carbons (Fsp3) is 0.333. The Labute approximate surface area is 104 Å². The summed E-state index contributed by atoms with van der Waals surface area (Å²) in [6.07, 6.45) is 0.237. The highest BCUT2D eigenvalue weighted by Crippen LogP contribution is 2.16. The minimum absolute atomic E-state index is 0.0104. The SMILES string of the molecule is CN(CC(=O)NCCC#N)c1ccc(F)c(F)c1. The Morgan fingerprint density at radius 3 is 2.78 bits per heavy atom. The maximum atomic E-state index is 13.0. The molecule has 96 valence electrons. The van der Waals surface area contributed by atoms with Crippen LogP contribution >= 0.6 is 0 Å². The summed E-state index contributed by atoms with van der Waals surface area (Å²) in [5.74, 6) is -2.16. The zero-order valence-electron chi connectivity index (χ0n) is 9.91. The molecule has 1 aromatic carbocycles. The van der Waals surface area contributed by atoms with Crippen molar-refractivity contribution in [1.29, 1.82) is 5.26 Å². The quantitative estimate of drug-likeness (QED) is 0.808. The number of nitrogens with zero attached hydrogens (tertiary/aromatic N) is 2. The van der Waals surface area contributed by atoms with Crippen molar-refractivity contribution in [2.45, 2.75) is 6.42 Å². The van der Waals surface area contributed by atoms with Crippen LogP contribution in [-0.2, 0) is 4.79 Å². The maximum absolute atomic E-state index is 13.0. The lowest BCUT2D eigenvalue weighted by molar-refractivity contribution is -0.119. The van der Waals surface area contributed by atoms with Gasteiger partial charge >= 0.3 is 0 Å². The van der Waals surface area contributed by atoms with E-state index in [0.29, 0.717) is 5.69 Å². The summed E-state index contributed by atoms with van der Waals surface area (Å²) in [5, 5.41) is 10.8. The molecule has 0 heterocycles. The van der Waals surface area contributed by atoms with Crippen molar-refractivity contribution in [1.82, 2.24) is 5.32 Å². The predicted molar refractivity (Wildman–Crippen MR) is 62.9 cm³/mol. The third-order valence-electron chi connectivity index (χ3n) is 2.28. The molecule has 0 aliphatic rings. The average Bonchev–Trinajstić information content (AvgIpc) is 2.33. The monoisotopic (exact) mass is 253 g/mol. The summed E-state index contributed by atoms with van der Waals surface area (Å²) in [6.45, 7) is 0.289. The van der Waals surface area contributed by atoms with E-state index in [1.165, 1.54) is 11.0 Å². The van der Waals surface area contributed by atoms with Gasteiger partial charge in [0.15, 0.2) is 11.6 Å². The first kappa shape index (κ1) is 13.9. The van der Waals surface area contributed by atoms with E-state index >= 15 is 0 Å². The minimum atomic E-state index is -0.954. The summed E-state index contributed by atoms with van der Waals surface area (Å²) in [4.78, 5) is 12.9. The van der Waals surface area contributed by atoms with Crippen LogP contribution in [-0.4, -0.2) is 26.0 Å². The highest BCUT2D eigenvalue weighted by Gasteiger charge is 2.09. The minimum Gasteiger partial charge on any atom is -0.365 e. The first-order chi connectivity index (χ1) is 8.54. The zero-order valence-corrected chi connectivity index (χ0v) is 9.91. The number of benzene rings is 1. The van der Waals surface area contributed by atoms with Crippen LogP contribution in [0.25, 0.3) is 0 Å². The lowest BCUT2D eigenvalue weighted by Crippen LogP contribution is -2.35. The molecule has 0 spiro atoms. The van der Waals surface area contributed by atoms with Crippen LogP contribution < -0.4 is 10.2 Å². The van der Waals surface area contributed by atoms with E-state index in [2.05, 4.69) is 5.32 Å². The molecule has 0 saturated heterocycles. The number of nitrogens with one attached hydrogen (secondary N) is 1. The molecule has 1 amide bonds. The van der Waals surface area contributed by atoms with Gasteiger partial charge in [-0.05, 0) is 12.1 Å². The van der Waals surface area contributed by atoms with Gasteiger partial charge < -0.3 is 10.2 Å². The number of anilines is 1. The average molecular weight is 253 g/mol. The van der Waals surface area contributed by atoms with E-state index in [9.17, 15) is 13.6 Å². The van der Waals surface area contributed by atoms with Crippen molar-refractivity contribution in [3.8, 4) is 6.07 Å². The highest BCUT2D eigenvalue weighted by molar-refractivity contribution is 5.81. The Kier molecular flexibility index (Phi) is 5.06. The second-order valence-electron chi connectivity index (χ2n) is 3.71. The van der Waals surface area contributed by atoms with Crippen molar-refractivity contribution in [2.75, 3.05) is 25.0 Å². The molecule has 1 rings (SSSR count). The fourth-order valence-electron chi connectivity index (χ4n) is 1.34. The Morgan fingerprint density at radius 1 is 1.44 bits per heavy atom. The summed E-state index contributed by atoms with van der Waals surface area (Å²) >= 11 is 0. The number of nitriles is 1. The number of hydrogen-bond donors (Lipinski definition) is 1. The van der Waals surface area contributed by atoms with Crippen LogP contribution in [0.5, 0.6) is 0 Å². The van der Waals surface area contributed by atoms with Gasteiger partial charge in [-0.15, -0.1) is 0 Å². The second kappa shape index (κ2) is 6.55. The van der Waals surface area contributed by atoms with Gasteiger partial charge in [-0.2, -0.15) is 5.26 Å². The number of carbonyl (C=O) groups excluding carboxylic acids is 1. The molecule has 0 atom stereocenters. The van der Waals surface area contributed by atoms with Crippen LogP contribution in [0.3, 0.4) is 0 Å². The third-order valence-corrected chi connectivity index (χ3v) is 2.28. The molecule has 6 heteroatoms. The highest BCUT2D eigenvalue weighted by atomic mass is 19.2. The lowest BCUT2D eigenvalue weighted by Gasteiger charge is -2.18. The molecular weight excluding hydrogens is 240 g/mol. The number of carbonyl (C=O) groups is 1. The van der Waals surface area contributed by atoms with Gasteiger partial charge in [0.2, 0.25) is 5.91 Å². The summed E-state index contributed by atoms with van der Waals surface area (Å²) in [7, 11) is 1.59. The van der Waals surface area contributed by atoms with Gasteiger partial charge in [-0.25, -0.2) is 8.78 Å². The number of hydrogen-bond acceptors (Lipinski definition) is 3. The Bertz CT molecular complexity index is 471. The maximum Gasteiger partial charge on any atom is 0.239 e. The van der Waals surface area contributed by atoms with Crippen molar-refractivity contribution in [3.05, 3.63) is 29.8 Å². The van der Waals surface area contributed by atoms with Crippen LogP contribution in [0.4, 0.5) is 14.5 Å². The van der Waals surface area contributed by atoms with Gasteiger partial charge in [-0.3, -0.25) is 4.79 Å². The lowest BCUT2D eigenvalue weighted by atomic mass is 10.2. The Morgan fingerprint density at radius 2 is 2.17 bits per heavy atom. The van der Waals surface area contributed by atoms with Gasteiger partial charge in [0.25, 0.3) is 0 Å². The number of rotatable bonds is 5. The molecule has 1 aromatic rings. The standard InChI is InChI=1S/C12H13F2N3O/c1-17(8-12(18)16-6-2-5-15)9-3-4-10(13)11(14)7-9/h3-4,7H,2,6,8H2,1H3,(H,16,18). The largest absolute Gasteiger partial charge is 0.365 e. The Hall–Kier alpha value is -2.16. The number of likely N-dealkylation sites (N-methyl/N-ethyl adjacent to an activating group) is 1. The van der Waals surface area contributed by atoms with Crippen LogP contribution in [0.1, 0.15) is 6.42 Å². The first-order valence-electron chi connectivity index (χ1n) is 5.34. The van der Waals surface area contributed by atoms with E-state index in [-0.39, 0.29) is 25.4 Å². The summed E-state index contributed by atoms with van der Waals surface area (Å²) in [5.41, 5.74) is 0.407. The predicted octanol–water partition coefficient (Wildman–Crippen LogP) is 1.43. The molecule has 0 aliphatic heterocycles. The van der Waals surface area contributed by atoms with Gasteiger partial charge in [0.1, 0.15) is 0 Å². The molecule has 18 heavy (non-hydrogen) atoms. The normalized spacial score (nSPS) is 9.67. The number of amides is 1. The second-order valence-corrected chi connectivity index (χ2v) is 3.71. The van der Waals surface area contributed by atoms with E-state index in [4.69, 9.17) is 5.26 Å². The van der Waals surface area contributed by atoms with E-state index in [1.807, 2.05) is 6.07 Å². The third kappa shape index (κ3) is 4.01. The van der Waals surface area contributed by atoms with Crippen LogP contribution in [0.15, 0.2) is 18.2 Å². The molecule has 0 saturated carbocycles. The van der Waals surface area contributed by atoms with Crippen molar-refractivity contribution < 1.29 is 13.6 Å². The molecule has 0 aliphatic carbocycles. The summed E-state index contributed by atoms with van der Waals surface area (Å²) < 4.78 is 25.7. The van der Waals surface area contributed by atoms with Crippen molar-refractivity contribution in [2.24, 2.45) is 0 Å². The molecule has 0 fully saturated rings. The van der Waals surface area contributed by atoms with Gasteiger partial charge in [-0.1, -0.05) is 0 Å². The smallest absolute Gasteiger partial charge is 0.239 e. The van der Waals surface area contributed by atoms with Gasteiger partial charge in [0.05, 0.1) is 19.0 Å². The topological polar surface area (TPSA) is 56.1 Å². The Balaban J connectivity index is 2.54. The molecule has 0 unspecified atom stereocenters. The van der Waals surface area contributed by atoms with E-state index in [1.54, 1.807) is 7.05 Å².